The first-order chi connectivity index (χ1) is 9.20. The summed E-state index contributed by atoms with van der Waals surface area (Å²) in [6, 6.07) is 6.03. The molecule has 1 aliphatic rings. The van der Waals surface area contributed by atoms with Gasteiger partial charge >= 0.3 is 0 Å². The second-order valence-corrected chi connectivity index (χ2v) is 6.85. The molecule has 0 unspecified atom stereocenters. The average molecular weight is 393 g/mol. The Balaban J connectivity index is 2.04. The van der Waals surface area contributed by atoms with Crippen LogP contribution in [0.3, 0.4) is 0 Å². The van der Waals surface area contributed by atoms with Gasteiger partial charge in [0.05, 0.1) is 4.47 Å². The van der Waals surface area contributed by atoms with Crippen LogP contribution in [0.2, 0.25) is 0 Å². The van der Waals surface area contributed by atoms with E-state index in [0.29, 0.717) is 10.5 Å². The lowest BCUT2D eigenvalue weighted by atomic mass is 9.94. The van der Waals surface area contributed by atoms with Crippen LogP contribution >= 0.6 is 31.9 Å². The van der Waals surface area contributed by atoms with Crippen molar-refractivity contribution in [2.45, 2.75) is 44.7 Å². The third-order valence-electron chi connectivity index (χ3n) is 3.83. The molecule has 0 radical (unpaired) electrons. The molecular weight excluding hydrogens is 373 g/mol. The van der Waals surface area contributed by atoms with Gasteiger partial charge in [-0.25, -0.2) is 4.39 Å². The van der Waals surface area contributed by atoms with Crippen LogP contribution in [0.25, 0.3) is 0 Å². The molecule has 1 aromatic rings. The van der Waals surface area contributed by atoms with Crippen molar-refractivity contribution < 1.29 is 4.39 Å². The summed E-state index contributed by atoms with van der Waals surface area (Å²) in [6.07, 6.45) is 6.67. The maximum atomic E-state index is 13.3. The number of benzene rings is 1. The standard InChI is InChI=1S/C15H20Br2FN/c16-8-9-19(13-4-2-1-3-5-13)11-12-6-7-15(18)14(17)10-12/h6-7,10,13H,1-5,8-9,11H2. The molecule has 1 saturated carbocycles. The molecule has 106 valence electrons. The first kappa shape index (κ1) is 15.5. The molecule has 1 aliphatic carbocycles. The Kier molecular flexibility index (Phi) is 6.30. The lowest BCUT2D eigenvalue weighted by Crippen LogP contribution is -2.37. The zero-order chi connectivity index (χ0) is 13.7. The quantitative estimate of drug-likeness (QED) is 0.628. The number of hydrogen-bond acceptors (Lipinski definition) is 1. The Morgan fingerprint density at radius 1 is 1.21 bits per heavy atom. The van der Waals surface area contributed by atoms with Gasteiger partial charge in [-0.3, -0.25) is 4.90 Å². The predicted octanol–water partition coefficient (Wildman–Crippen LogP) is 5.12. The van der Waals surface area contributed by atoms with E-state index in [1.54, 1.807) is 6.07 Å². The molecule has 0 heterocycles. The van der Waals surface area contributed by atoms with Crippen molar-refractivity contribution in [1.29, 1.82) is 0 Å². The SMILES string of the molecule is Fc1ccc(CN(CCBr)C2CCCCC2)cc1Br. The Morgan fingerprint density at radius 2 is 1.95 bits per heavy atom. The highest BCUT2D eigenvalue weighted by Crippen LogP contribution is 2.25. The van der Waals surface area contributed by atoms with Gasteiger partial charge in [0.2, 0.25) is 0 Å². The Hall–Kier alpha value is 0.0700. The van der Waals surface area contributed by atoms with Gasteiger partial charge in [0, 0.05) is 24.5 Å². The van der Waals surface area contributed by atoms with E-state index >= 15 is 0 Å². The maximum absolute atomic E-state index is 13.3. The summed E-state index contributed by atoms with van der Waals surface area (Å²) in [5.74, 6) is -0.187. The van der Waals surface area contributed by atoms with Crippen LogP contribution in [0.1, 0.15) is 37.7 Å². The van der Waals surface area contributed by atoms with Crippen LogP contribution in [0, 0.1) is 5.82 Å². The monoisotopic (exact) mass is 391 g/mol. The summed E-state index contributed by atoms with van der Waals surface area (Å²) in [7, 11) is 0. The van der Waals surface area contributed by atoms with Crippen LogP contribution in [0.5, 0.6) is 0 Å². The van der Waals surface area contributed by atoms with Crippen LogP contribution < -0.4 is 0 Å². The average Bonchev–Trinajstić information content (AvgIpc) is 2.43. The highest BCUT2D eigenvalue weighted by Gasteiger charge is 2.20. The molecule has 19 heavy (non-hydrogen) atoms. The van der Waals surface area contributed by atoms with Gasteiger partial charge in [0.25, 0.3) is 0 Å². The van der Waals surface area contributed by atoms with Crippen molar-refractivity contribution in [3.05, 3.63) is 34.1 Å². The van der Waals surface area contributed by atoms with Crippen molar-refractivity contribution in [3.8, 4) is 0 Å². The molecule has 0 saturated heterocycles. The van der Waals surface area contributed by atoms with Gasteiger partial charge in [0.1, 0.15) is 5.82 Å². The maximum Gasteiger partial charge on any atom is 0.137 e. The van der Waals surface area contributed by atoms with Crippen LogP contribution in [-0.2, 0) is 6.54 Å². The first-order valence-corrected chi connectivity index (χ1v) is 8.86. The third kappa shape index (κ3) is 4.54. The predicted molar refractivity (Wildman–Crippen MR) is 85.2 cm³/mol. The molecule has 1 fully saturated rings. The second-order valence-electron chi connectivity index (χ2n) is 5.20. The fraction of sp³-hybridized carbons (Fsp3) is 0.600. The summed E-state index contributed by atoms with van der Waals surface area (Å²) in [5.41, 5.74) is 1.18. The van der Waals surface area contributed by atoms with Crippen molar-refractivity contribution in [2.75, 3.05) is 11.9 Å². The Bertz CT molecular complexity index is 405. The van der Waals surface area contributed by atoms with Gasteiger partial charge in [-0.05, 0) is 46.5 Å². The molecule has 0 N–H and O–H groups in total. The summed E-state index contributed by atoms with van der Waals surface area (Å²) in [4.78, 5) is 2.54. The smallest absolute Gasteiger partial charge is 0.137 e. The summed E-state index contributed by atoms with van der Waals surface area (Å²) in [6.45, 7) is 1.97. The molecule has 2 rings (SSSR count). The van der Waals surface area contributed by atoms with E-state index in [1.165, 1.54) is 37.7 Å². The van der Waals surface area contributed by atoms with E-state index in [-0.39, 0.29) is 5.82 Å². The lowest BCUT2D eigenvalue weighted by Gasteiger charge is -2.34. The topological polar surface area (TPSA) is 3.24 Å². The van der Waals surface area contributed by atoms with Crippen molar-refractivity contribution in [3.63, 3.8) is 0 Å². The summed E-state index contributed by atoms with van der Waals surface area (Å²) in [5, 5.41) is 0.992. The fourth-order valence-electron chi connectivity index (χ4n) is 2.82. The molecule has 0 aromatic heterocycles. The Labute approximate surface area is 131 Å². The van der Waals surface area contributed by atoms with Crippen molar-refractivity contribution >= 4 is 31.9 Å². The van der Waals surface area contributed by atoms with Crippen molar-refractivity contribution in [2.24, 2.45) is 0 Å². The van der Waals surface area contributed by atoms with Crippen molar-refractivity contribution in [1.82, 2.24) is 4.90 Å². The molecule has 0 aliphatic heterocycles. The molecule has 0 amide bonds. The number of nitrogens with zero attached hydrogens (tertiary/aromatic N) is 1. The van der Waals surface area contributed by atoms with E-state index in [4.69, 9.17) is 0 Å². The molecule has 0 spiro atoms. The third-order valence-corrected chi connectivity index (χ3v) is 4.79. The highest BCUT2D eigenvalue weighted by molar-refractivity contribution is 9.10. The van der Waals surface area contributed by atoms with Crippen LogP contribution in [0.4, 0.5) is 4.39 Å². The van der Waals surface area contributed by atoms with E-state index in [2.05, 4.69) is 36.8 Å². The van der Waals surface area contributed by atoms with Crippen LogP contribution in [0.15, 0.2) is 22.7 Å². The van der Waals surface area contributed by atoms with E-state index in [1.807, 2.05) is 12.1 Å². The minimum Gasteiger partial charge on any atom is -0.295 e. The Morgan fingerprint density at radius 3 is 2.58 bits per heavy atom. The largest absolute Gasteiger partial charge is 0.295 e. The molecule has 1 aromatic carbocycles. The summed E-state index contributed by atoms with van der Waals surface area (Å²) >= 11 is 6.81. The van der Waals surface area contributed by atoms with Gasteiger partial charge in [-0.2, -0.15) is 0 Å². The zero-order valence-electron chi connectivity index (χ0n) is 11.0. The number of halogens is 3. The van der Waals surface area contributed by atoms with Gasteiger partial charge < -0.3 is 0 Å². The summed E-state index contributed by atoms with van der Waals surface area (Å²) < 4.78 is 13.8. The number of alkyl halides is 1. The van der Waals surface area contributed by atoms with Gasteiger partial charge in [0.15, 0.2) is 0 Å². The molecule has 0 atom stereocenters. The normalized spacial score (nSPS) is 17.1. The first-order valence-electron chi connectivity index (χ1n) is 6.94. The van der Waals surface area contributed by atoms with E-state index in [0.717, 1.165) is 18.4 Å². The molecular formula is C15H20Br2FN. The minimum absolute atomic E-state index is 0.187. The van der Waals surface area contributed by atoms with E-state index in [9.17, 15) is 4.39 Å². The van der Waals surface area contributed by atoms with E-state index < -0.39 is 0 Å². The fourth-order valence-corrected chi connectivity index (χ4v) is 3.70. The number of rotatable bonds is 5. The van der Waals surface area contributed by atoms with Gasteiger partial charge in [-0.15, -0.1) is 0 Å². The van der Waals surface area contributed by atoms with Crippen LogP contribution in [-0.4, -0.2) is 22.8 Å². The number of hydrogen-bond donors (Lipinski definition) is 0. The molecule has 1 nitrogen and oxygen atoms in total. The highest BCUT2D eigenvalue weighted by atomic mass is 79.9. The minimum atomic E-state index is -0.187. The lowest BCUT2D eigenvalue weighted by molar-refractivity contribution is 0.158. The van der Waals surface area contributed by atoms with Gasteiger partial charge in [-0.1, -0.05) is 41.3 Å². The second kappa shape index (κ2) is 7.75. The molecule has 4 heteroatoms. The molecule has 0 bridgehead atoms. The zero-order valence-corrected chi connectivity index (χ0v) is 14.2.